The van der Waals surface area contributed by atoms with E-state index in [1.165, 1.54) is 27.7 Å². The number of thiazole rings is 1. The van der Waals surface area contributed by atoms with Gasteiger partial charge in [-0.25, -0.2) is 4.99 Å². The lowest BCUT2D eigenvalue weighted by Crippen LogP contribution is -2.40. The summed E-state index contributed by atoms with van der Waals surface area (Å²) in [6, 6.07) is 39.3. The molecule has 0 spiro atoms. The van der Waals surface area contributed by atoms with Gasteiger partial charge in [0.05, 0.1) is 28.5 Å². The van der Waals surface area contributed by atoms with Crippen molar-refractivity contribution >= 4 is 50.7 Å². The molecule has 50 heavy (non-hydrogen) atoms. The maximum atomic E-state index is 14.5. The number of ether oxygens (including phenoxy) is 1. The lowest BCUT2D eigenvalue weighted by molar-refractivity contribution is -0.113. The summed E-state index contributed by atoms with van der Waals surface area (Å²) in [5.41, 5.74) is 5.50. The van der Waals surface area contributed by atoms with Crippen LogP contribution in [0.15, 0.2) is 149 Å². The van der Waals surface area contributed by atoms with E-state index < -0.39 is 6.04 Å². The molecular weight excluding hydrogens is 641 g/mol. The summed E-state index contributed by atoms with van der Waals surface area (Å²) in [6.45, 7) is 5.00. The number of nitrogens with one attached hydrogen (secondary N) is 1. The average Bonchev–Trinajstić information content (AvgIpc) is 3.64. The number of carbonyl (C=O) groups excluding carboxylic acids is 1. The third-order valence-corrected chi connectivity index (χ3v) is 10.1. The molecular formula is C42H34N4O3S. The Bertz CT molecular complexity index is 2610. The molecule has 1 N–H and O–H groups in total. The Balaban J connectivity index is 1.24. The van der Waals surface area contributed by atoms with Gasteiger partial charge in [0.2, 0.25) is 0 Å². The molecule has 8 rings (SSSR count). The smallest absolute Gasteiger partial charge is 0.271 e. The van der Waals surface area contributed by atoms with Gasteiger partial charge in [-0.15, -0.1) is 0 Å². The number of allylic oxidation sites excluding steroid dienone is 1. The van der Waals surface area contributed by atoms with Crippen LogP contribution in [0.25, 0.3) is 27.8 Å². The van der Waals surface area contributed by atoms with Crippen LogP contribution in [0.1, 0.15) is 36.6 Å². The summed E-state index contributed by atoms with van der Waals surface area (Å²) < 4.78 is 10.2. The van der Waals surface area contributed by atoms with Crippen LogP contribution in [0, 0.1) is 0 Å². The average molecular weight is 675 g/mol. The number of amides is 1. The van der Waals surface area contributed by atoms with Crippen molar-refractivity contribution in [3.63, 3.8) is 0 Å². The number of aromatic nitrogens is 2. The van der Waals surface area contributed by atoms with E-state index >= 15 is 0 Å². The topological polar surface area (TPSA) is 77.6 Å². The van der Waals surface area contributed by atoms with E-state index in [2.05, 4.69) is 70.7 Å². The highest BCUT2D eigenvalue weighted by Gasteiger charge is 2.32. The molecule has 0 unspecified atom stereocenters. The molecule has 0 radical (unpaired) electrons. The highest BCUT2D eigenvalue weighted by molar-refractivity contribution is 7.07. The molecule has 2 aromatic heterocycles. The van der Waals surface area contributed by atoms with Gasteiger partial charge < -0.3 is 14.6 Å². The molecule has 0 fully saturated rings. The van der Waals surface area contributed by atoms with Gasteiger partial charge in [0.25, 0.3) is 11.5 Å². The third-order valence-electron chi connectivity index (χ3n) is 9.13. The van der Waals surface area contributed by atoms with Crippen LogP contribution in [0.5, 0.6) is 5.75 Å². The molecule has 0 saturated carbocycles. The monoisotopic (exact) mass is 674 g/mol. The molecule has 1 amide bonds. The molecule has 7 aromatic rings. The van der Waals surface area contributed by atoms with Gasteiger partial charge in [-0.1, -0.05) is 102 Å². The zero-order chi connectivity index (χ0) is 34.2. The van der Waals surface area contributed by atoms with Crippen molar-refractivity contribution in [2.45, 2.75) is 26.4 Å². The molecule has 3 heterocycles. The fourth-order valence-corrected chi connectivity index (χ4v) is 7.87. The molecule has 1 aliphatic heterocycles. The first-order chi connectivity index (χ1) is 24.5. The van der Waals surface area contributed by atoms with E-state index in [1.807, 2.05) is 86.7 Å². The minimum atomic E-state index is -0.680. The van der Waals surface area contributed by atoms with Gasteiger partial charge in [0, 0.05) is 34.9 Å². The number of anilines is 1. The molecule has 1 aliphatic rings. The number of fused-ring (bicyclic) bond motifs is 3. The third kappa shape index (κ3) is 5.73. The van der Waals surface area contributed by atoms with Crippen LogP contribution >= 0.6 is 11.3 Å². The molecule has 0 saturated heterocycles. The Morgan fingerprint density at radius 1 is 0.880 bits per heavy atom. The van der Waals surface area contributed by atoms with Crippen molar-refractivity contribution < 1.29 is 9.53 Å². The predicted molar refractivity (Wildman–Crippen MR) is 201 cm³/mol. The van der Waals surface area contributed by atoms with Crippen LogP contribution < -0.4 is 24.9 Å². The second-order valence-electron chi connectivity index (χ2n) is 12.3. The second-order valence-corrected chi connectivity index (χ2v) is 13.3. The largest absolute Gasteiger partial charge is 0.494 e. The normalized spacial score (nSPS) is 14.5. The van der Waals surface area contributed by atoms with Gasteiger partial charge in [0.15, 0.2) is 4.80 Å². The van der Waals surface area contributed by atoms with Gasteiger partial charge in [-0.3, -0.25) is 14.2 Å². The molecule has 7 nitrogen and oxygen atoms in total. The number of carbonyl (C=O) groups is 1. The summed E-state index contributed by atoms with van der Waals surface area (Å²) in [5.74, 6) is 0.418. The van der Waals surface area contributed by atoms with E-state index in [-0.39, 0.29) is 11.5 Å². The van der Waals surface area contributed by atoms with Crippen molar-refractivity contribution in [2.24, 2.45) is 4.99 Å². The van der Waals surface area contributed by atoms with E-state index in [0.717, 1.165) is 27.8 Å². The fourth-order valence-electron chi connectivity index (χ4n) is 6.84. The van der Waals surface area contributed by atoms with Crippen LogP contribution in [-0.4, -0.2) is 21.6 Å². The summed E-state index contributed by atoms with van der Waals surface area (Å²) in [7, 11) is 0. The molecule has 246 valence electrons. The Morgan fingerprint density at radius 2 is 1.60 bits per heavy atom. The number of benzene rings is 5. The lowest BCUT2D eigenvalue weighted by Gasteiger charge is -2.25. The van der Waals surface area contributed by atoms with E-state index in [0.29, 0.717) is 39.4 Å². The second kappa shape index (κ2) is 13.1. The van der Waals surface area contributed by atoms with Crippen LogP contribution in [0.4, 0.5) is 5.69 Å². The zero-order valence-electron chi connectivity index (χ0n) is 27.7. The minimum Gasteiger partial charge on any atom is -0.494 e. The fraction of sp³-hybridized carbons (Fsp3) is 0.119. The number of rotatable bonds is 8. The molecule has 5 aromatic carbocycles. The lowest BCUT2D eigenvalue weighted by atomic mass is 9.95. The van der Waals surface area contributed by atoms with Crippen molar-refractivity contribution in [1.82, 2.24) is 9.13 Å². The Hall–Kier alpha value is -5.99. The summed E-state index contributed by atoms with van der Waals surface area (Å²) in [6.07, 6.45) is 4.09. The SMILES string of the molecule is CCOc1ccc([C@@H]2C(C(=O)Nc3ccccc3)=C(C)N=c3s/c(=C\c4cn(Cc5cccc6ccccc56)c5ccccc45)c(=O)n32)cc1. The zero-order valence-corrected chi connectivity index (χ0v) is 28.5. The number of para-hydroxylation sites is 2. The Kier molecular flexibility index (Phi) is 8.22. The van der Waals surface area contributed by atoms with E-state index in [4.69, 9.17) is 9.73 Å². The highest BCUT2D eigenvalue weighted by atomic mass is 32.1. The van der Waals surface area contributed by atoms with E-state index in [1.54, 1.807) is 4.57 Å². The standard InChI is InChI=1S/C42H34N4O3S/c1-3-49-33-22-20-29(21-23-33)39-38(40(47)44-32-15-5-4-6-16-32)27(2)43-42-46(39)41(48)37(50-42)24-31-26-45(36-19-10-9-18-35(31)36)25-30-14-11-13-28-12-7-8-17-34(28)30/h4-24,26,39H,3,25H2,1-2H3,(H,44,47)/b37-24-/t39-/m1/s1. The minimum absolute atomic E-state index is 0.198. The molecule has 8 heteroatoms. The predicted octanol–water partition coefficient (Wildman–Crippen LogP) is 7.43. The summed E-state index contributed by atoms with van der Waals surface area (Å²) in [4.78, 5) is 33.8. The van der Waals surface area contributed by atoms with Crippen molar-refractivity contribution in [1.29, 1.82) is 0 Å². The van der Waals surface area contributed by atoms with Gasteiger partial charge in [0.1, 0.15) is 5.75 Å². The van der Waals surface area contributed by atoms with Gasteiger partial charge in [-0.05, 0) is 72.2 Å². The maximum Gasteiger partial charge on any atom is 0.271 e. The van der Waals surface area contributed by atoms with Crippen LogP contribution in [0.3, 0.4) is 0 Å². The number of hydrogen-bond acceptors (Lipinski definition) is 5. The number of hydrogen-bond donors (Lipinski definition) is 1. The van der Waals surface area contributed by atoms with Crippen molar-refractivity contribution in [2.75, 3.05) is 11.9 Å². The van der Waals surface area contributed by atoms with Crippen LogP contribution in [0.2, 0.25) is 0 Å². The first-order valence-corrected chi connectivity index (χ1v) is 17.5. The highest BCUT2D eigenvalue weighted by Crippen LogP contribution is 2.32. The summed E-state index contributed by atoms with van der Waals surface area (Å²) >= 11 is 1.34. The Morgan fingerprint density at radius 3 is 2.40 bits per heavy atom. The van der Waals surface area contributed by atoms with Gasteiger partial charge >= 0.3 is 0 Å². The summed E-state index contributed by atoms with van der Waals surface area (Å²) in [5, 5.41) is 6.50. The first-order valence-electron chi connectivity index (χ1n) is 16.6. The first kappa shape index (κ1) is 31.3. The maximum absolute atomic E-state index is 14.5. The molecule has 1 atom stereocenters. The van der Waals surface area contributed by atoms with E-state index in [9.17, 15) is 9.59 Å². The quantitative estimate of drug-likeness (QED) is 0.182. The van der Waals surface area contributed by atoms with Crippen molar-refractivity contribution in [3.05, 3.63) is 175 Å². The van der Waals surface area contributed by atoms with Crippen molar-refractivity contribution in [3.8, 4) is 5.75 Å². The van der Waals surface area contributed by atoms with Crippen LogP contribution in [-0.2, 0) is 11.3 Å². The molecule has 0 aliphatic carbocycles. The molecule has 0 bridgehead atoms. The Labute approximate surface area is 292 Å². The van der Waals surface area contributed by atoms with Gasteiger partial charge in [-0.2, -0.15) is 0 Å². The number of nitrogens with zero attached hydrogens (tertiary/aromatic N) is 3.